The molecule has 0 saturated carbocycles. The molecule has 2 rings (SSSR count). The van der Waals surface area contributed by atoms with Crippen LogP contribution in [0.3, 0.4) is 0 Å². The van der Waals surface area contributed by atoms with Gasteiger partial charge >= 0.3 is 0 Å². The first-order chi connectivity index (χ1) is 11.4. The number of hydrogen-bond donors (Lipinski definition) is 0. The predicted molar refractivity (Wildman–Crippen MR) is 84.7 cm³/mol. The van der Waals surface area contributed by atoms with Crippen LogP contribution in [0.2, 0.25) is 0 Å². The highest BCUT2D eigenvalue weighted by molar-refractivity contribution is 7.89. The van der Waals surface area contributed by atoms with E-state index >= 15 is 0 Å². The van der Waals surface area contributed by atoms with Crippen molar-refractivity contribution in [3.05, 3.63) is 54.1 Å². The van der Waals surface area contributed by atoms with Crippen molar-refractivity contribution in [2.24, 2.45) is 0 Å². The van der Waals surface area contributed by atoms with Crippen LogP contribution in [-0.2, 0) is 10.0 Å². The Morgan fingerprint density at radius 1 is 1.00 bits per heavy atom. The molecular weight excluding hydrogens is 340 g/mol. The van der Waals surface area contributed by atoms with E-state index < -0.39 is 26.6 Å². The Hall–Kier alpha value is -2.19. The van der Waals surface area contributed by atoms with Crippen LogP contribution in [0, 0.1) is 11.6 Å². The van der Waals surface area contributed by atoms with Gasteiger partial charge in [0.25, 0.3) is 0 Å². The zero-order chi connectivity index (χ0) is 17.7. The highest BCUT2D eigenvalue weighted by atomic mass is 32.2. The number of likely N-dealkylation sites (N-methyl/N-ethyl adjacent to an activating group) is 1. The van der Waals surface area contributed by atoms with Crippen LogP contribution in [0.25, 0.3) is 0 Å². The van der Waals surface area contributed by atoms with Crippen LogP contribution in [0.1, 0.15) is 0 Å². The quantitative estimate of drug-likeness (QED) is 0.765. The fourth-order valence-corrected chi connectivity index (χ4v) is 3.22. The monoisotopic (exact) mass is 357 g/mol. The van der Waals surface area contributed by atoms with E-state index in [1.807, 2.05) is 0 Å². The smallest absolute Gasteiger partial charge is 0.248 e. The van der Waals surface area contributed by atoms with Crippen molar-refractivity contribution in [2.45, 2.75) is 4.90 Å². The third-order valence-corrected chi connectivity index (χ3v) is 5.23. The van der Waals surface area contributed by atoms with E-state index in [0.29, 0.717) is 11.5 Å². The first-order valence-electron chi connectivity index (χ1n) is 7.03. The Bertz CT molecular complexity index is 774. The van der Waals surface area contributed by atoms with Crippen LogP contribution in [0.4, 0.5) is 8.78 Å². The summed E-state index contributed by atoms with van der Waals surface area (Å²) in [6.45, 7) is -0.0414. The van der Waals surface area contributed by atoms with Gasteiger partial charge in [-0.15, -0.1) is 0 Å². The Morgan fingerprint density at radius 3 is 2.08 bits per heavy atom. The zero-order valence-electron chi connectivity index (χ0n) is 13.2. The molecule has 0 saturated heterocycles. The second-order valence-corrected chi connectivity index (χ2v) is 6.88. The number of ether oxygens (including phenoxy) is 2. The van der Waals surface area contributed by atoms with E-state index in [1.54, 1.807) is 24.3 Å². The van der Waals surface area contributed by atoms with Crippen molar-refractivity contribution < 1.29 is 26.7 Å². The van der Waals surface area contributed by atoms with E-state index in [9.17, 15) is 17.2 Å². The molecule has 0 fully saturated rings. The standard InChI is InChI=1S/C16H17F2NO4S/c1-19(10-11-23-13-8-6-12(22-2)7-9-13)24(20,21)16-14(17)4-3-5-15(16)18/h3-9H,10-11H2,1-2H3. The maximum atomic E-state index is 13.7. The van der Waals surface area contributed by atoms with E-state index in [1.165, 1.54) is 14.2 Å². The molecule has 0 aliphatic rings. The highest BCUT2D eigenvalue weighted by Gasteiger charge is 2.28. The van der Waals surface area contributed by atoms with Crippen LogP contribution in [0.15, 0.2) is 47.4 Å². The van der Waals surface area contributed by atoms with Gasteiger partial charge in [0.05, 0.1) is 7.11 Å². The van der Waals surface area contributed by atoms with Gasteiger partial charge in [0.15, 0.2) is 4.90 Å². The fourth-order valence-electron chi connectivity index (χ4n) is 1.97. The molecule has 2 aromatic rings. The van der Waals surface area contributed by atoms with E-state index in [-0.39, 0.29) is 13.2 Å². The Morgan fingerprint density at radius 2 is 1.54 bits per heavy atom. The molecular formula is C16H17F2NO4S. The summed E-state index contributed by atoms with van der Waals surface area (Å²) in [6, 6.07) is 9.65. The van der Waals surface area contributed by atoms with Crippen molar-refractivity contribution in [1.29, 1.82) is 0 Å². The Balaban J connectivity index is 2.02. The second kappa shape index (κ2) is 7.59. The molecule has 8 heteroatoms. The van der Waals surface area contributed by atoms with Crippen molar-refractivity contribution in [1.82, 2.24) is 4.31 Å². The number of hydrogen-bond acceptors (Lipinski definition) is 4. The summed E-state index contributed by atoms with van der Waals surface area (Å²) < 4.78 is 63.2. The molecule has 0 aliphatic carbocycles. The first-order valence-corrected chi connectivity index (χ1v) is 8.47. The summed E-state index contributed by atoms with van der Waals surface area (Å²) in [6.07, 6.45) is 0. The number of methoxy groups -OCH3 is 1. The maximum Gasteiger partial charge on any atom is 0.248 e. The number of sulfonamides is 1. The van der Waals surface area contributed by atoms with Gasteiger partial charge < -0.3 is 9.47 Å². The zero-order valence-corrected chi connectivity index (χ0v) is 14.0. The number of halogens is 2. The fraction of sp³-hybridized carbons (Fsp3) is 0.250. The topological polar surface area (TPSA) is 55.8 Å². The average Bonchev–Trinajstić information content (AvgIpc) is 2.55. The number of benzene rings is 2. The molecule has 0 spiro atoms. The lowest BCUT2D eigenvalue weighted by Gasteiger charge is -2.18. The molecule has 0 bridgehead atoms. The van der Waals surface area contributed by atoms with Gasteiger partial charge in [-0.25, -0.2) is 17.2 Å². The molecule has 0 radical (unpaired) electrons. The molecule has 0 atom stereocenters. The van der Waals surface area contributed by atoms with Crippen molar-refractivity contribution in [3.8, 4) is 11.5 Å². The molecule has 0 aliphatic heterocycles. The van der Waals surface area contributed by atoms with Gasteiger partial charge in [-0.3, -0.25) is 0 Å². The molecule has 130 valence electrons. The third-order valence-electron chi connectivity index (χ3n) is 3.32. The lowest BCUT2D eigenvalue weighted by Crippen LogP contribution is -2.32. The maximum absolute atomic E-state index is 13.7. The normalized spacial score (nSPS) is 11.5. The van der Waals surface area contributed by atoms with Crippen molar-refractivity contribution in [2.75, 3.05) is 27.3 Å². The SMILES string of the molecule is COc1ccc(OCCN(C)S(=O)(=O)c2c(F)cccc2F)cc1. The minimum absolute atomic E-state index is 0.0259. The largest absolute Gasteiger partial charge is 0.497 e. The molecule has 0 aromatic heterocycles. The number of rotatable bonds is 7. The van der Waals surface area contributed by atoms with E-state index in [2.05, 4.69) is 0 Å². The first kappa shape index (κ1) is 18.2. The number of nitrogens with zero attached hydrogens (tertiary/aromatic N) is 1. The summed E-state index contributed by atoms with van der Waals surface area (Å²) in [7, 11) is -1.51. The van der Waals surface area contributed by atoms with Crippen LogP contribution < -0.4 is 9.47 Å². The van der Waals surface area contributed by atoms with Gasteiger partial charge in [-0.1, -0.05) is 6.07 Å². The van der Waals surface area contributed by atoms with Gasteiger partial charge in [-0.2, -0.15) is 4.31 Å². The van der Waals surface area contributed by atoms with Gasteiger partial charge in [0, 0.05) is 13.6 Å². The molecule has 0 N–H and O–H groups in total. The van der Waals surface area contributed by atoms with Crippen molar-refractivity contribution >= 4 is 10.0 Å². The van der Waals surface area contributed by atoms with Gasteiger partial charge in [-0.05, 0) is 36.4 Å². The lowest BCUT2D eigenvalue weighted by atomic mass is 10.3. The minimum atomic E-state index is -4.28. The molecule has 0 unspecified atom stereocenters. The summed E-state index contributed by atoms with van der Waals surface area (Å²) in [5, 5.41) is 0. The van der Waals surface area contributed by atoms with Crippen molar-refractivity contribution in [3.63, 3.8) is 0 Å². The summed E-state index contributed by atoms with van der Waals surface area (Å²) in [5.41, 5.74) is 0. The van der Waals surface area contributed by atoms with E-state index in [4.69, 9.17) is 9.47 Å². The van der Waals surface area contributed by atoms with Gasteiger partial charge in [0.2, 0.25) is 10.0 Å². The highest BCUT2D eigenvalue weighted by Crippen LogP contribution is 2.22. The minimum Gasteiger partial charge on any atom is -0.497 e. The predicted octanol–water partition coefficient (Wildman–Crippen LogP) is 2.67. The van der Waals surface area contributed by atoms with E-state index in [0.717, 1.165) is 22.5 Å². The molecule has 0 heterocycles. The second-order valence-electron chi connectivity index (χ2n) is 4.90. The van der Waals surface area contributed by atoms with Crippen LogP contribution in [0.5, 0.6) is 11.5 Å². The average molecular weight is 357 g/mol. The van der Waals surface area contributed by atoms with Crippen LogP contribution in [-0.4, -0.2) is 40.0 Å². The Labute approximate surface area is 139 Å². The molecule has 24 heavy (non-hydrogen) atoms. The Kier molecular flexibility index (Phi) is 5.74. The van der Waals surface area contributed by atoms with Gasteiger partial charge in [0.1, 0.15) is 29.7 Å². The third kappa shape index (κ3) is 4.01. The lowest BCUT2D eigenvalue weighted by molar-refractivity contribution is 0.285. The summed E-state index contributed by atoms with van der Waals surface area (Å²) >= 11 is 0. The molecule has 0 amide bonds. The summed E-state index contributed by atoms with van der Waals surface area (Å²) in [5.74, 6) is -1.06. The molecule has 2 aromatic carbocycles. The van der Waals surface area contributed by atoms with Crippen LogP contribution >= 0.6 is 0 Å². The summed E-state index contributed by atoms with van der Waals surface area (Å²) in [4.78, 5) is -0.961. The molecule has 5 nitrogen and oxygen atoms in total.